The standard InChI is InChI=1S/C23H29NO2/c1-23(2,3)21-13-7-11-19(15-21)20-12-8-14-24(16-20)22(25)26-17-18-9-5-4-6-10-18/h4-7,9-11,13,15,20H,8,12,14,16-17H2,1-3H3. The van der Waals surface area contributed by atoms with Gasteiger partial charge in [0, 0.05) is 19.0 Å². The molecule has 3 nitrogen and oxygen atoms in total. The summed E-state index contributed by atoms with van der Waals surface area (Å²) in [6, 6.07) is 18.7. The smallest absolute Gasteiger partial charge is 0.410 e. The van der Waals surface area contributed by atoms with E-state index >= 15 is 0 Å². The second kappa shape index (κ2) is 7.94. The zero-order valence-electron chi connectivity index (χ0n) is 16.1. The number of amides is 1. The number of hydrogen-bond donors (Lipinski definition) is 0. The predicted octanol–water partition coefficient (Wildman–Crippen LogP) is 5.50. The van der Waals surface area contributed by atoms with Crippen molar-refractivity contribution >= 4 is 6.09 Å². The van der Waals surface area contributed by atoms with Gasteiger partial charge in [0.25, 0.3) is 0 Å². The van der Waals surface area contributed by atoms with Crippen LogP contribution in [0.4, 0.5) is 4.79 Å². The van der Waals surface area contributed by atoms with Crippen molar-refractivity contribution in [3.05, 3.63) is 71.3 Å². The van der Waals surface area contributed by atoms with Crippen LogP contribution in [0.3, 0.4) is 0 Å². The predicted molar refractivity (Wildman–Crippen MR) is 105 cm³/mol. The lowest BCUT2D eigenvalue weighted by Gasteiger charge is -2.33. The summed E-state index contributed by atoms with van der Waals surface area (Å²) in [6.07, 6.45) is 1.94. The molecule has 0 aliphatic carbocycles. The summed E-state index contributed by atoms with van der Waals surface area (Å²) in [5.41, 5.74) is 3.84. The Bertz CT molecular complexity index is 733. The van der Waals surface area contributed by atoms with Gasteiger partial charge in [-0.3, -0.25) is 0 Å². The zero-order valence-corrected chi connectivity index (χ0v) is 16.1. The van der Waals surface area contributed by atoms with Gasteiger partial charge in [-0.25, -0.2) is 4.79 Å². The highest BCUT2D eigenvalue weighted by Gasteiger charge is 2.26. The third-order valence-corrected chi connectivity index (χ3v) is 5.11. The SMILES string of the molecule is CC(C)(C)c1cccc(C2CCCN(C(=O)OCc3ccccc3)C2)c1. The van der Waals surface area contributed by atoms with Crippen LogP contribution in [0, 0.1) is 0 Å². The van der Waals surface area contributed by atoms with E-state index in [1.807, 2.05) is 35.2 Å². The Morgan fingerprint density at radius 2 is 1.88 bits per heavy atom. The maximum atomic E-state index is 12.5. The average Bonchev–Trinajstić information content (AvgIpc) is 2.66. The molecule has 2 aromatic rings. The fraction of sp³-hybridized carbons (Fsp3) is 0.435. The van der Waals surface area contributed by atoms with Gasteiger partial charge >= 0.3 is 6.09 Å². The van der Waals surface area contributed by atoms with Crippen LogP contribution < -0.4 is 0 Å². The fourth-order valence-electron chi connectivity index (χ4n) is 3.48. The molecule has 1 aliphatic rings. The minimum absolute atomic E-state index is 0.138. The zero-order chi connectivity index (χ0) is 18.6. The van der Waals surface area contributed by atoms with E-state index in [9.17, 15) is 4.79 Å². The highest BCUT2D eigenvalue weighted by molar-refractivity contribution is 5.68. The first kappa shape index (κ1) is 18.5. The van der Waals surface area contributed by atoms with E-state index in [1.54, 1.807) is 0 Å². The van der Waals surface area contributed by atoms with Gasteiger partial charge in [0.05, 0.1) is 0 Å². The maximum absolute atomic E-state index is 12.5. The van der Waals surface area contributed by atoms with Crippen LogP contribution in [0.25, 0.3) is 0 Å². The van der Waals surface area contributed by atoms with E-state index < -0.39 is 0 Å². The number of rotatable bonds is 3. The molecule has 138 valence electrons. The molecule has 1 amide bonds. The first-order chi connectivity index (χ1) is 12.4. The highest BCUT2D eigenvalue weighted by atomic mass is 16.6. The maximum Gasteiger partial charge on any atom is 0.410 e. The van der Waals surface area contributed by atoms with Gasteiger partial charge < -0.3 is 9.64 Å². The Morgan fingerprint density at radius 1 is 1.12 bits per heavy atom. The van der Waals surface area contributed by atoms with Gasteiger partial charge in [0.2, 0.25) is 0 Å². The van der Waals surface area contributed by atoms with Crippen molar-refractivity contribution in [1.82, 2.24) is 4.90 Å². The van der Waals surface area contributed by atoms with E-state index in [2.05, 4.69) is 45.0 Å². The molecular weight excluding hydrogens is 322 g/mol. The van der Waals surface area contributed by atoms with Crippen LogP contribution in [0.1, 0.15) is 56.2 Å². The van der Waals surface area contributed by atoms with Crippen molar-refractivity contribution in [2.75, 3.05) is 13.1 Å². The molecule has 1 atom stereocenters. The van der Waals surface area contributed by atoms with Crippen LogP contribution in [0.5, 0.6) is 0 Å². The summed E-state index contributed by atoms with van der Waals surface area (Å²) in [4.78, 5) is 14.3. The van der Waals surface area contributed by atoms with E-state index in [0.717, 1.165) is 31.5 Å². The fourth-order valence-corrected chi connectivity index (χ4v) is 3.48. The Hall–Kier alpha value is -2.29. The topological polar surface area (TPSA) is 29.5 Å². The van der Waals surface area contributed by atoms with Gasteiger partial charge in [-0.05, 0) is 34.9 Å². The van der Waals surface area contributed by atoms with Crippen molar-refractivity contribution < 1.29 is 9.53 Å². The molecule has 1 saturated heterocycles. The molecule has 0 radical (unpaired) electrons. The summed E-state index contributed by atoms with van der Waals surface area (Å²) in [6.45, 7) is 8.56. The number of benzene rings is 2. The number of piperidine rings is 1. The van der Waals surface area contributed by atoms with Crippen LogP contribution >= 0.6 is 0 Å². The second-order valence-corrected chi connectivity index (χ2v) is 8.20. The average molecular weight is 351 g/mol. The highest BCUT2D eigenvalue weighted by Crippen LogP contribution is 2.31. The van der Waals surface area contributed by atoms with Gasteiger partial charge in [-0.1, -0.05) is 75.4 Å². The van der Waals surface area contributed by atoms with Crippen molar-refractivity contribution in [3.63, 3.8) is 0 Å². The molecule has 0 N–H and O–H groups in total. The summed E-state index contributed by atoms with van der Waals surface area (Å²) in [5.74, 6) is 0.385. The molecule has 0 saturated carbocycles. The molecule has 0 spiro atoms. The molecule has 2 aromatic carbocycles. The molecular formula is C23H29NO2. The quantitative estimate of drug-likeness (QED) is 0.731. The Labute approximate surface area is 157 Å². The van der Waals surface area contributed by atoms with Crippen molar-refractivity contribution in [2.45, 2.75) is 51.6 Å². The van der Waals surface area contributed by atoms with Gasteiger partial charge in [0.1, 0.15) is 6.61 Å². The van der Waals surface area contributed by atoms with Gasteiger partial charge in [0.15, 0.2) is 0 Å². The first-order valence-electron chi connectivity index (χ1n) is 9.49. The Morgan fingerprint density at radius 3 is 2.62 bits per heavy atom. The molecule has 3 heteroatoms. The van der Waals surface area contributed by atoms with E-state index in [4.69, 9.17) is 4.74 Å². The number of carbonyl (C=O) groups excluding carboxylic acids is 1. The van der Waals surface area contributed by atoms with Crippen LogP contribution in [-0.4, -0.2) is 24.1 Å². The van der Waals surface area contributed by atoms with Crippen molar-refractivity contribution in [2.24, 2.45) is 0 Å². The van der Waals surface area contributed by atoms with Crippen LogP contribution in [0.15, 0.2) is 54.6 Å². The Balaban J connectivity index is 1.63. The number of hydrogen-bond acceptors (Lipinski definition) is 2. The van der Waals surface area contributed by atoms with Gasteiger partial charge in [-0.2, -0.15) is 0 Å². The van der Waals surface area contributed by atoms with E-state index in [-0.39, 0.29) is 11.5 Å². The van der Waals surface area contributed by atoms with Crippen LogP contribution in [0.2, 0.25) is 0 Å². The monoisotopic (exact) mass is 351 g/mol. The Kier molecular flexibility index (Phi) is 5.65. The molecule has 0 aromatic heterocycles. The van der Waals surface area contributed by atoms with E-state index in [0.29, 0.717) is 12.5 Å². The summed E-state index contributed by atoms with van der Waals surface area (Å²) < 4.78 is 5.52. The third-order valence-electron chi connectivity index (χ3n) is 5.11. The molecule has 1 aliphatic heterocycles. The lowest BCUT2D eigenvalue weighted by atomic mass is 9.83. The van der Waals surface area contributed by atoms with Gasteiger partial charge in [-0.15, -0.1) is 0 Å². The molecule has 0 bridgehead atoms. The van der Waals surface area contributed by atoms with E-state index in [1.165, 1.54) is 11.1 Å². The minimum atomic E-state index is -0.203. The number of carbonyl (C=O) groups is 1. The first-order valence-corrected chi connectivity index (χ1v) is 9.49. The molecule has 3 rings (SSSR count). The molecule has 1 unspecified atom stereocenters. The summed E-state index contributed by atoms with van der Waals surface area (Å²) in [7, 11) is 0. The van der Waals surface area contributed by atoms with Crippen molar-refractivity contribution in [3.8, 4) is 0 Å². The van der Waals surface area contributed by atoms with Crippen molar-refractivity contribution in [1.29, 1.82) is 0 Å². The normalized spacial score (nSPS) is 17.8. The largest absolute Gasteiger partial charge is 0.445 e. The lowest BCUT2D eigenvalue weighted by molar-refractivity contribution is 0.0858. The minimum Gasteiger partial charge on any atom is -0.445 e. The summed E-state index contributed by atoms with van der Waals surface area (Å²) in [5, 5.41) is 0. The summed E-state index contributed by atoms with van der Waals surface area (Å²) >= 11 is 0. The lowest BCUT2D eigenvalue weighted by Crippen LogP contribution is -2.39. The number of ether oxygens (including phenoxy) is 1. The second-order valence-electron chi connectivity index (χ2n) is 8.20. The number of nitrogens with zero attached hydrogens (tertiary/aromatic N) is 1. The number of likely N-dealkylation sites (tertiary alicyclic amines) is 1. The third kappa shape index (κ3) is 4.66. The molecule has 26 heavy (non-hydrogen) atoms. The molecule has 1 fully saturated rings. The molecule has 1 heterocycles. The van der Waals surface area contributed by atoms with Crippen LogP contribution in [-0.2, 0) is 16.8 Å².